The molecule has 2 fully saturated rings. The van der Waals surface area contributed by atoms with E-state index in [0.717, 1.165) is 37.4 Å². The zero-order valence-electron chi connectivity index (χ0n) is 11.7. The molecular formula is C15H21N3O2. The molecule has 1 aromatic rings. The van der Waals surface area contributed by atoms with Crippen molar-refractivity contribution in [1.82, 2.24) is 4.98 Å². The summed E-state index contributed by atoms with van der Waals surface area (Å²) in [6, 6.07) is 3.90. The first kappa shape index (κ1) is 13.4. The highest BCUT2D eigenvalue weighted by Gasteiger charge is 2.23. The quantitative estimate of drug-likeness (QED) is 0.918. The number of piperidine rings is 1. The minimum Gasteiger partial charge on any atom is -0.368 e. The first-order chi connectivity index (χ1) is 9.83. The highest BCUT2D eigenvalue weighted by molar-refractivity contribution is 5.94. The highest BCUT2D eigenvalue weighted by Crippen LogP contribution is 2.20. The number of carbonyl (C=O) groups excluding carboxylic acids is 1. The highest BCUT2D eigenvalue weighted by atomic mass is 16.5. The third-order valence-corrected chi connectivity index (χ3v) is 3.92. The number of rotatable bonds is 3. The minimum atomic E-state index is -0.295. The number of pyridine rings is 1. The van der Waals surface area contributed by atoms with E-state index < -0.39 is 0 Å². The van der Waals surface area contributed by atoms with E-state index in [1.807, 2.05) is 12.1 Å². The second-order valence-corrected chi connectivity index (χ2v) is 5.44. The molecule has 0 aliphatic carbocycles. The third-order valence-electron chi connectivity index (χ3n) is 3.92. The van der Waals surface area contributed by atoms with Gasteiger partial charge in [0.25, 0.3) is 5.91 Å². The number of carbonyl (C=O) groups is 1. The number of hydrogen-bond donors (Lipinski definition) is 1. The summed E-state index contributed by atoms with van der Waals surface area (Å²) in [5.41, 5.74) is 0.742. The first-order valence-electron chi connectivity index (χ1n) is 7.46. The van der Waals surface area contributed by atoms with Crippen molar-refractivity contribution < 1.29 is 9.53 Å². The maximum absolute atomic E-state index is 11.9. The molecule has 0 aromatic carbocycles. The van der Waals surface area contributed by atoms with Crippen LogP contribution in [0.15, 0.2) is 18.3 Å². The van der Waals surface area contributed by atoms with Crippen LogP contribution in [-0.2, 0) is 9.53 Å². The van der Waals surface area contributed by atoms with E-state index in [0.29, 0.717) is 6.61 Å². The summed E-state index contributed by atoms with van der Waals surface area (Å²) >= 11 is 0. The molecule has 0 radical (unpaired) electrons. The lowest BCUT2D eigenvalue weighted by Gasteiger charge is -2.27. The number of nitrogens with zero attached hydrogens (tertiary/aromatic N) is 2. The lowest BCUT2D eigenvalue weighted by Crippen LogP contribution is -2.30. The van der Waals surface area contributed by atoms with Gasteiger partial charge in [-0.3, -0.25) is 4.79 Å². The maximum atomic E-state index is 11.9. The normalized spacial score (nSPS) is 22.8. The van der Waals surface area contributed by atoms with Gasteiger partial charge in [0.1, 0.15) is 11.9 Å². The predicted molar refractivity (Wildman–Crippen MR) is 77.9 cm³/mol. The lowest BCUT2D eigenvalue weighted by atomic mass is 10.1. The summed E-state index contributed by atoms with van der Waals surface area (Å²) in [7, 11) is 0. The zero-order chi connectivity index (χ0) is 13.8. The van der Waals surface area contributed by atoms with Crippen molar-refractivity contribution in [3.8, 4) is 0 Å². The summed E-state index contributed by atoms with van der Waals surface area (Å²) in [5.74, 6) is 0.940. The van der Waals surface area contributed by atoms with Crippen LogP contribution >= 0.6 is 0 Å². The van der Waals surface area contributed by atoms with Gasteiger partial charge in [-0.1, -0.05) is 0 Å². The Morgan fingerprint density at radius 1 is 1.25 bits per heavy atom. The molecule has 5 nitrogen and oxygen atoms in total. The van der Waals surface area contributed by atoms with E-state index in [1.54, 1.807) is 6.20 Å². The van der Waals surface area contributed by atoms with Crippen molar-refractivity contribution in [2.45, 2.75) is 38.2 Å². The molecule has 3 heterocycles. The molecule has 5 heteroatoms. The van der Waals surface area contributed by atoms with Crippen LogP contribution in [0.2, 0.25) is 0 Å². The Hall–Kier alpha value is -1.62. The number of amides is 1. The minimum absolute atomic E-state index is 0.0602. The van der Waals surface area contributed by atoms with Gasteiger partial charge in [-0.2, -0.15) is 0 Å². The van der Waals surface area contributed by atoms with Gasteiger partial charge in [0.2, 0.25) is 0 Å². The molecule has 1 amide bonds. The van der Waals surface area contributed by atoms with Gasteiger partial charge in [-0.15, -0.1) is 0 Å². The molecule has 108 valence electrons. The van der Waals surface area contributed by atoms with Crippen LogP contribution in [0.5, 0.6) is 0 Å². The number of hydrogen-bond acceptors (Lipinski definition) is 4. The Morgan fingerprint density at radius 3 is 2.75 bits per heavy atom. The maximum Gasteiger partial charge on any atom is 0.253 e. The molecule has 1 N–H and O–H groups in total. The first-order valence-corrected chi connectivity index (χ1v) is 7.46. The average Bonchev–Trinajstić information content (AvgIpc) is 3.03. The van der Waals surface area contributed by atoms with Gasteiger partial charge in [0.05, 0.1) is 11.9 Å². The van der Waals surface area contributed by atoms with Gasteiger partial charge in [0.15, 0.2) is 0 Å². The summed E-state index contributed by atoms with van der Waals surface area (Å²) in [4.78, 5) is 18.7. The summed E-state index contributed by atoms with van der Waals surface area (Å²) in [6.07, 6.45) is 6.99. The Bertz CT molecular complexity index is 449. The van der Waals surface area contributed by atoms with E-state index in [2.05, 4.69) is 15.2 Å². The second-order valence-electron chi connectivity index (χ2n) is 5.44. The fraction of sp³-hybridized carbons (Fsp3) is 0.600. The van der Waals surface area contributed by atoms with Crippen molar-refractivity contribution in [2.24, 2.45) is 0 Å². The van der Waals surface area contributed by atoms with E-state index in [9.17, 15) is 4.79 Å². The van der Waals surface area contributed by atoms with Crippen LogP contribution in [-0.4, -0.2) is 36.7 Å². The molecule has 1 atom stereocenters. The summed E-state index contributed by atoms with van der Waals surface area (Å²) < 4.78 is 5.37. The Kier molecular flexibility index (Phi) is 4.16. The van der Waals surface area contributed by atoms with Crippen molar-refractivity contribution in [3.05, 3.63) is 18.3 Å². The van der Waals surface area contributed by atoms with E-state index in [1.165, 1.54) is 19.3 Å². The molecule has 3 rings (SSSR count). The van der Waals surface area contributed by atoms with Gasteiger partial charge in [-0.25, -0.2) is 4.98 Å². The monoisotopic (exact) mass is 275 g/mol. The second kappa shape index (κ2) is 6.22. The SMILES string of the molecule is O=C(Nc1ccc(N2CCCCC2)nc1)C1CCCO1. The topological polar surface area (TPSA) is 54.5 Å². The third kappa shape index (κ3) is 3.10. The molecule has 1 unspecified atom stereocenters. The van der Waals surface area contributed by atoms with Crippen LogP contribution < -0.4 is 10.2 Å². The molecule has 2 aliphatic rings. The molecule has 1 aromatic heterocycles. The Morgan fingerprint density at radius 2 is 2.10 bits per heavy atom. The van der Waals surface area contributed by atoms with Crippen LogP contribution in [0.1, 0.15) is 32.1 Å². The van der Waals surface area contributed by atoms with Crippen LogP contribution in [0, 0.1) is 0 Å². The van der Waals surface area contributed by atoms with Crippen molar-refractivity contribution in [1.29, 1.82) is 0 Å². The molecule has 20 heavy (non-hydrogen) atoms. The average molecular weight is 275 g/mol. The number of anilines is 2. The van der Waals surface area contributed by atoms with E-state index in [4.69, 9.17) is 4.74 Å². The molecule has 2 aliphatic heterocycles. The van der Waals surface area contributed by atoms with Crippen LogP contribution in [0.4, 0.5) is 11.5 Å². The van der Waals surface area contributed by atoms with Crippen molar-refractivity contribution in [2.75, 3.05) is 29.9 Å². The van der Waals surface area contributed by atoms with E-state index in [-0.39, 0.29) is 12.0 Å². The Balaban J connectivity index is 1.59. The predicted octanol–water partition coefficient (Wildman–Crippen LogP) is 2.19. The molecular weight excluding hydrogens is 254 g/mol. The number of nitrogens with one attached hydrogen (secondary N) is 1. The van der Waals surface area contributed by atoms with Crippen molar-refractivity contribution >= 4 is 17.4 Å². The van der Waals surface area contributed by atoms with Crippen LogP contribution in [0.25, 0.3) is 0 Å². The largest absolute Gasteiger partial charge is 0.368 e. The summed E-state index contributed by atoms with van der Waals surface area (Å²) in [6.45, 7) is 2.84. The number of ether oxygens (including phenoxy) is 1. The zero-order valence-corrected chi connectivity index (χ0v) is 11.7. The Labute approximate surface area is 119 Å². The molecule has 0 bridgehead atoms. The van der Waals surface area contributed by atoms with Gasteiger partial charge >= 0.3 is 0 Å². The molecule has 0 saturated carbocycles. The molecule has 0 spiro atoms. The summed E-state index contributed by atoms with van der Waals surface area (Å²) in [5, 5.41) is 2.87. The standard InChI is InChI=1S/C15H21N3O2/c19-15(13-5-4-10-20-13)17-12-6-7-14(16-11-12)18-8-2-1-3-9-18/h6-7,11,13H,1-5,8-10H2,(H,17,19). The molecule has 2 saturated heterocycles. The van der Waals surface area contributed by atoms with Crippen LogP contribution in [0.3, 0.4) is 0 Å². The van der Waals surface area contributed by atoms with Gasteiger partial charge in [0, 0.05) is 19.7 Å². The smallest absolute Gasteiger partial charge is 0.253 e. The fourth-order valence-electron chi connectivity index (χ4n) is 2.78. The van der Waals surface area contributed by atoms with Gasteiger partial charge < -0.3 is 15.0 Å². The lowest BCUT2D eigenvalue weighted by molar-refractivity contribution is -0.124. The van der Waals surface area contributed by atoms with Gasteiger partial charge in [-0.05, 0) is 44.2 Å². The number of aromatic nitrogens is 1. The van der Waals surface area contributed by atoms with Crippen molar-refractivity contribution in [3.63, 3.8) is 0 Å². The van der Waals surface area contributed by atoms with E-state index >= 15 is 0 Å². The fourth-order valence-corrected chi connectivity index (χ4v) is 2.78.